The number of nitrogens with one attached hydrogen (secondary N) is 1. The maximum Gasteiger partial charge on any atom is 0.179 e. The SMILES string of the molecule is CCNCCN1CCCC(C2CN(c3cnc4c(C)nn(C(C)c5ccc(Cl)cc5Cl)c4n3)C2)C1. The highest BCUT2D eigenvalue weighted by molar-refractivity contribution is 6.35. The van der Waals surface area contributed by atoms with Gasteiger partial charge >= 0.3 is 0 Å². The molecule has 1 aromatic carbocycles. The van der Waals surface area contributed by atoms with Gasteiger partial charge in [-0.1, -0.05) is 36.2 Å². The summed E-state index contributed by atoms with van der Waals surface area (Å²) in [7, 11) is 0. The van der Waals surface area contributed by atoms with Gasteiger partial charge in [-0.2, -0.15) is 5.10 Å². The molecule has 35 heavy (non-hydrogen) atoms. The molecule has 2 saturated heterocycles. The van der Waals surface area contributed by atoms with Crippen LogP contribution in [0, 0.1) is 18.8 Å². The molecule has 1 N–H and O–H groups in total. The van der Waals surface area contributed by atoms with Gasteiger partial charge in [-0.15, -0.1) is 0 Å². The van der Waals surface area contributed by atoms with Crippen LogP contribution < -0.4 is 10.2 Å². The summed E-state index contributed by atoms with van der Waals surface area (Å²) in [4.78, 5) is 14.8. The molecule has 188 valence electrons. The lowest BCUT2D eigenvalue weighted by molar-refractivity contribution is 0.120. The van der Waals surface area contributed by atoms with Gasteiger partial charge in [0, 0.05) is 42.8 Å². The smallest absolute Gasteiger partial charge is 0.179 e. The first-order valence-corrected chi connectivity index (χ1v) is 13.5. The monoisotopic (exact) mass is 515 g/mol. The summed E-state index contributed by atoms with van der Waals surface area (Å²) >= 11 is 12.6. The number of fused-ring (bicyclic) bond motifs is 1. The fourth-order valence-electron chi connectivity index (χ4n) is 5.53. The van der Waals surface area contributed by atoms with E-state index in [2.05, 4.69) is 29.0 Å². The summed E-state index contributed by atoms with van der Waals surface area (Å²) in [6.07, 6.45) is 4.55. The molecule has 2 aliphatic rings. The lowest BCUT2D eigenvalue weighted by atomic mass is 9.80. The average Bonchev–Trinajstić information content (AvgIpc) is 3.14. The summed E-state index contributed by atoms with van der Waals surface area (Å²) in [5.74, 6) is 2.44. The van der Waals surface area contributed by atoms with Crippen molar-refractivity contribution in [2.24, 2.45) is 11.8 Å². The van der Waals surface area contributed by atoms with Crippen LogP contribution in [0.2, 0.25) is 10.0 Å². The molecule has 0 bridgehead atoms. The number of aryl methyl sites for hydroxylation is 1. The Balaban J connectivity index is 1.29. The van der Waals surface area contributed by atoms with E-state index in [1.165, 1.54) is 25.9 Å². The Kier molecular flexibility index (Phi) is 7.49. The standard InChI is InChI=1S/C26H35Cl2N7/c1-4-29-9-11-33-10-5-6-19(14-33)20-15-34(16-20)24-13-30-25-17(2)32-35(26(25)31-24)18(3)22-8-7-21(27)12-23(22)28/h7-8,12-13,18-20,29H,4-6,9-11,14-16H2,1-3H3. The molecular weight excluding hydrogens is 481 g/mol. The fraction of sp³-hybridized carbons (Fsp3) is 0.577. The Morgan fingerprint density at radius 1 is 1.17 bits per heavy atom. The van der Waals surface area contributed by atoms with Crippen molar-refractivity contribution in [1.82, 2.24) is 30.0 Å². The molecule has 0 saturated carbocycles. The maximum atomic E-state index is 6.50. The predicted octanol–water partition coefficient (Wildman–Crippen LogP) is 4.81. The van der Waals surface area contributed by atoms with Gasteiger partial charge in [0.2, 0.25) is 0 Å². The highest BCUT2D eigenvalue weighted by atomic mass is 35.5. The number of piperidine rings is 1. The van der Waals surface area contributed by atoms with Crippen molar-refractivity contribution in [1.29, 1.82) is 0 Å². The van der Waals surface area contributed by atoms with E-state index in [1.807, 2.05) is 29.9 Å². The zero-order valence-electron chi connectivity index (χ0n) is 20.8. The number of aromatic nitrogens is 4. The van der Waals surface area contributed by atoms with Gasteiger partial charge in [-0.3, -0.25) is 0 Å². The van der Waals surface area contributed by atoms with E-state index in [0.29, 0.717) is 10.0 Å². The Hall–Kier alpha value is -1.93. The Morgan fingerprint density at radius 3 is 2.77 bits per heavy atom. The second-order valence-electron chi connectivity index (χ2n) is 9.99. The normalized spacial score (nSPS) is 20.4. The quantitative estimate of drug-likeness (QED) is 0.434. The molecule has 2 aliphatic heterocycles. The van der Waals surface area contributed by atoms with E-state index < -0.39 is 0 Å². The molecule has 2 fully saturated rings. The Morgan fingerprint density at radius 2 is 2.00 bits per heavy atom. The van der Waals surface area contributed by atoms with E-state index in [9.17, 15) is 0 Å². The van der Waals surface area contributed by atoms with Crippen molar-refractivity contribution in [2.45, 2.75) is 39.7 Å². The third kappa shape index (κ3) is 5.15. The van der Waals surface area contributed by atoms with Crippen molar-refractivity contribution in [3.8, 4) is 0 Å². The van der Waals surface area contributed by atoms with Crippen molar-refractivity contribution in [3.63, 3.8) is 0 Å². The van der Waals surface area contributed by atoms with Crippen LogP contribution in [0.1, 0.15) is 44.0 Å². The van der Waals surface area contributed by atoms with Crippen LogP contribution in [0.15, 0.2) is 24.4 Å². The van der Waals surface area contributed by atoms with Crippen LogP contribution in [0.3, 0.4) is 0 Å². The molecule has 5 rings (SSSR count). The number of halogens is 2. The van der Waals surface area contributed by atoms with Crippen LogP contribution in [0.25, 0.3) is 11.2 Å². The average molecular weight is 517 g/mol. The Bertz CT molecular complexity index is 1170. The molecule has 0 aliphatic carbocycles. The lowest BCUT2D eigenvalue weighted by Crippen LogP contribution is -2.54. The van der Waals surface area contributed by atoms with Gasteiger partial charge in [-0.25, -0.2) is 14.6 Å². The molecule has 7 nitrogen and oxygen atoms in total. The molecule has 0 amide bonds. The second kappa shape index (κ2) is 10.6. The van der Waals surface area contributed by atoms with Gasteiger partial charge in [0.15, 0.2) is 5.65 Å². The second-order valence-corrected chi connectivity index (χ2v) is 10.8. The van der Waals surface area contributed by atoms with Gasteiger partial charge in [0.05, 0.1) is 17.9 Å². The van der Waals surface area contributed by atoms with Gasteiger partial charge in [0.25, 0.3) is 0 Å². The summed E-state index contributed by atoms with van der Waals surface area (Å²) in [5.41, 5.74) is 3.48. The molecule has 9 heteroatoms. The number of hydrogen-bond acceptors (Lipinski definition) is 6. The number of anilines is 1. The molecule has 4 heterocycles. The van der Waals surface area contributed by atoms with Crippen LogP contribution in [-0.2, 0) is 0 Å². The van der Waals surface area contributed by atoms with Crippen LogP contribution in [0.4, 0.5) is 5.82 Å². The zero-order valence-corrected chi connectivity index (χ0v) is 22.4. The first kappa shape index (κ1) is 24.8. The first-order chi connectivity index (χ1) is 16.9. The molecule has 2 unspecified atom stereocenters. The van der Waals surface area contributed by atoms with Crippen molar-refractivity contribution < 1.29 is 0 Å². The number of nitrogens with zero attached hydrogens (tertiary/aromatic N) is 6. The minimum absolute atomic E-state index is 0.0833. The zero-order chi connectivity index (χ0) is 24.5. The summed E-state index contributed by atoms with van der Waals surface area (Å²) in [6, 6.07) is 5.51. The van der Waals surface area contributed by atoms with E-state index >= 15 is 0 Å². The van der Waals surface area contributed by atoms with Gasteiger partial charge in [0.1, 0.15) is 11.3 Å². The third-order valence-electron chi connectivity index (χ3n) is 7.64. The third-order valence-corrected chi connectivity index (χ3v) is 8.20. The summed E-state index contributed by atoms with van der Waals surface area (Å²) < 4.78 is 1.94. The van der Waals surface area contributed by atoms with E-state index in [4.69, 9.17) is 38.3 Å². The molecular formula is C26H35Cl2N7. The van der Waals surface area contributed by atoms with Gasteiger partial charge < -0.3 is 15.1 Å². The lowest BCUT2D eigenvalue weighted by Gasteiger charge is -2.47. The van der Waals surface area contributed by atoms with Crippen molar-refractivity contribution >= 4 is 40.2 Å². The topological polar surface area (TPSA) is 62.1 Å². The van der Waals surface area contributed by atoms with E-state index in [1.54, 1.807) is 6.07 Å². The fourth-order valence-corrected chi connectivity index (χ4v) is 6.09. The highest BCUT2D eigenvalue weighted by Gasteiger charge is 2.36. The summed E-state index contributed by atoms with van der Waals surface area (Å²) in [5, 5.41) is 9.49. The summed E-state index contributed by atoms with van der Waals surface area (Å²) in [6.45, 7) is 14.1. The molecule has 2 aromatic heterocycles. The number of likely N-dealkylation sites (N-methyl/N-ethyl adjacent to an activating group) is 1. The van der Waals surface area contributed by atoms with E-state index in [0.717, 1.165) is 72.8 Å². The molecule has 2 atom stereocenters. The molecule has 3 aromatic rings. The van der Waals surface area contributed by atoms with Crippen molar-refractivity contribution in [2.75, 3.05) is 50.7 Å². The maximum absolute atomic E-state index is 6.50. The number of likely N-dealkylation sites (tertiary alicyclic amines) is 1. The van der Waals surface area contributed by atoms with Crippen molar-refractivity contribution in [3.05, 3.63) is 45.7 Å². The number of rotatable bonds is 8. The van der Waals surface area contributed by atoms with Crippen LogP contribution >= 0.6 is 23.2 Å². The predicted molar refractivity (Wildman–Crippen MR) is 144 cm³/mol. The number of hydrogen-bond donors (Lipinski definition) is 1. The minimum atomic E-state index is -0.0833. The van der Waals surface area contributed by atoms with Gasteiger partial charge in [-0.05, 0) is 69.3 Å². The highest BCUT2D eigenvalue weighted by Crippen LogP contribution is 2.35. The largest absolute Gasteiger partial charge is 0.355 e. The number of benzene rings is 1. The Labute approximate surface area is 217 Å². The minimum Gasteiger partial charge on any atom is -0.355 e. The van der Waals surface area contributed by atoms with Crippen LogP contribution in [0.5, 0.6) is 0 Å². The molecule has 0 spiro atoms. The van der Waals surface area contributed by atoms with E-state index in [-0.39, 0.29) is 6.04 Å². The van der Waals surface area contributed by atoms with Crippen LogP contribution in [-0.4, -0.2) is 70.5 Å². The molecule has 0 radical (unpaired) electrons. The first-order valence-electron chi connectivity index (χ1n) is 12.8.